The summed E-state index contributed by atoms with van der Waals surface area (Å²) in [7, 11) is 0. The molecular formula is C12H10Cl2N2O3. The van der Waals surface area contributed by atoms with E-state index >= 15 is 0 Å². The molecule has 0 aliphatic rings. The Kier molecular flexibility index (Phi) is 3.97. The first-order chi connectivity index (χ1) is 9.08. The van der Waals surface area contributed by atoms with Crippen LogP contribution in [0.2, 0.25) is 10.0 Å². The molecule has 0 saturated carbocycles. The number of fused-ring (bicyclic) bond motifs is 1. The summed E-state index contributed by atoms with van der Waals surface area (Å²) in [6, 6.07) is 3.17. The maximum Gasteiger partial charge on any atom is 0.355 e. The SMILES string of the molecule is CCOC(=O)c1[nH]c2cc(Cl)cc(Cl)c2c1/C=N/O. The number of nitrogens with zero attached hydrogens (tertiary/aromatic N) is 1. The van der Waals surface area contributed by atoms with E-state index in [0.717, 1.165) is 6.21 Å². The molecule has 7 heteroatoms. The van der Waals surface area contributed by atoms with E-state index in [-0.39, 0.29) is 12.3 Å². The minimum Gasteiger partial charge on any atom is -0.461 e. The number of aromatic amines is 1. The molecule has 0 fully saturated rings. The van der Waals surface area contributed by atoms with Crippen molar-refractivity contribution in [1.29, 1.82) is 0 Å². The maximum absolute atomic E-state index is 11.8. The Morgan fingerprint density at radius 1 is 1.53 bits per heavy atom. The molecule has 1 aromatic carbocycles. The number of carbonyl (C=O) groups excluding carboxylic acids is 1. The Labute approximate surface area is 118 Å². The number of hydrogen-bond acceptors (Lipinski definition) is 4. The molecule has 0 unspecified atom stereocenters. The second-order valence-corrected chi connectivity index (χ2v) is 4.53. The van der Waals surface area contributed by atoms with Crippen molar-refractivity contribution in [3.05, 3.63) is 33.4 Å². The van der Waals surface area contributed by atoms with Gasteiger partial charge in [0.1, 0.15) is 5.69 Å². The first-order valence-corrected chi connectivity index (χ1v) is 6.19. The summed E-state index contributed by atoms with van der Waals surface area (Å²) in [5.74, 6) is -0.555. The van der Waals surface area contributed by atoms with Crippen molar-refractivity contribution in [3.8, 4) is 0 Å². The van der Waals surface area contributed by atoms with Crippen molar-refractivity contribution in [3.63, 3.8) is 0 Å². The van der Waals surface area contributed by atoms with Crippen molar-refractivity contribution >= 4 is 46.3 Å². The number of nitrogens with one attached hydrogen (secondary N) is 1. The monoisotopic (exact) mass is 300 g/mol. The van der Waals surface area contributed by atoms with Gasteiger partial charge < -0.3 is 14.9 Å². The van der Waals surface area contributed by atoms with Crippen LogP contribution in [-0.4, -0.2) is 29.0 Å². The molecule has 2 N–H and O–H groups in total. The quantitative estimate of drug-likeness (QED) is 0.394. The third-order valence-corrected chi connectivity index (χ3v) is 3.04. The molecule has 0 radical (unpaired) electrons. The van der Waals surface area contributed by atoms with Crippen molar-refractivity contribution in [2.45, 2.75) is 6.92 Å². The summed E-state index contributed by atoms with van der Waals surface area (Å²) in [5, 5.41) is 13.0. The van der Waals surface area contributed by atoms with E-state index in [2.05, 4.69) is 10.1 Å². The van der Waals surface area contributed by atoms with Gasteiger partial charge in [-0.2, -0.15) is 0 Å². The Morgan fingerprint density at radius 3 is 2.89 bits per heavy atom. The van der Waals surface area contributed by atoms with Crippen LogP contribution in [0, 0.1) is 0 Å². The van der Waals surface area contributed by atoms with Gasteiger partial charge >= 0.3 is 5.97 Å². The average Bonchev–Trinajstić information content (AvgIpc) is 2.69. The standard InChI is InChI=1S/C12H10Cl2N2O3/c1-2-19-12(17)11-7(5-15-18)10-8(14)3-6(13)4-9(10)16-11/h3-5,16,18H,2H2,1H3/b15-5+. The van der Waals surface area contributed by atoms with Gasteiger partial charge in [0.25, 0.3) is 0 Å². The van der Waals surface area contributed by atoms with E-state index in [1.807, 2.05) is 0 Å². The van der Waals surface area contributed by atoms with E-state index in [0.29, 0.717) is 26.5 Å². The van der Waals surface area contributed by atoms with Crippen LogP contribution in [0.25, 0.3) is 10.9 Å². The molecule has 0 aliphatic heterocycles. The lowest BCUT2D eigenvalue weighted by Gasteiger charge is -2.00. The van der Waals surface area contributed by atoms with Gasteiger partial charge in [0.05, 0.1) is 17.8 Å². The van der Waals surface area contributed by atoms with Gasteiger partial charge in [0.2, 0.25) is 0 Å². The largest absolute Gasteiger partial charge is 0.461 e. The van der Waals surface area contributed by atoms with Crippen LogP contribution < -0.4 is 0 Å². The highest BCUT2D eigenvalue weighted by Gasteiger charge is 2.20. The number of benzene rings is 1. The third-order valence-electron chi connectivity index (χ3n) is 2.52. The molecule has 0 amide bonds. The second-order valence-electron chi connectivity index (χ2n) is 3.69. The summed E-state index contributed by atoms with van der Waals surface area (Å²) < 4.78 is 4.93. The summed E-state index contributed by atoms with van der Waals surface area (Å²) in [4.78, 5) is 14.7. The predicted octanol–water partition coefficient (Wildman–Crippen LogP) is 3.46. The summed E-state index contributed by atoms with van der Waals surface area (Å²) in [6.07, 6.45) is 1.13. The van der Waals surface area contributed by atoms with Gasteiger partial charge in [0, 0.05) is 21.5 Å². The number of H-pyrrole nitrogens is 1. The number of oxime groups is 1. The van der Waals surface area contributed by atoms with E-state index in [9.17, 15) is 4.79 Å². The first-order valence-electron chi connectivity index (χ1n) is 5.43. The lowest BCUT2D eigenvalue weighted by molar-refractivity contribution is 0.0520. The van der Waals surface area contributed by atoms with Gasteiger partial charge in [-0.3, -0.25) is 0 Å². The highest BCUT2D eigenvalue weighted by molar-refractivity contribution is 6.39. The molecule has 1 aromatic heterocycles. The molecule has 5 nitrogen and oxygen atoms in total. The van der Waals surface area contributed by atoms with Crippen LogP contribution in [0.1, 0.15) is 23.0 Å². The van der Waals surface area contributed by atoms with Crippen LogP contribution in [-0.2, 0) is 4.74 Å². The van der Waals surface area contributed by atoms with Gasteiger partial charge in [-0.15, -0.1) is 0 Å². The van der Waals surface area contributed by atoms with Crippen molar-refractivity contribution in [2.24, 2.45) is 5.16 Å². The van der Waals surface area contributed by atoms with Crippen molar-refractivity contribution in [1.82, 2.24) is 4.98 Å². The molecular weight excluding hydrogens is 291 g/mol. The Bertz CT molecular complexity index is 665. The van der Waals surface area contributed by atoms with Crippen LogP contribution >= 0.6 is 23.2 Å². The Balaban J connectivity index is 2.74. The molecule has 0 aliphatic carbocycles. The Morgan fingerprint density at radius 2 is 2.26 bits per heavy atom. The number of hydrogen-bond donors (Lipinski definition) is 2. The zero-order valence-electron chi connectivity index (χ0n) is 9.91. The van der Waals surface area contributed by atoms with Crippen LogP contribution in [0.5, 0.6) is 0 Å². The van der Waals surface area contributed by atoms with E-state index in [1.165, 1.54) is 0 Å². The highest BCUT2D eigenvalue weighted by atomic mass is 35.5. The van der Waals surface area contributed by atoms with Gasteiger partial charge in [-0.1, -0.05) is 28.4 Å². The molecule has 1 heterocycles. The molecule has 19 heavy (non-hydrogen) atoms. The second kappa shape index (κ2) is 5.50. The van der Waals surface area contributed by atoms with Crippen molar-refractivity contribution < 1.29 is 14.7 Å². The normalized spacial score (nSPS) is 11.3. The van der Waals surface area contributed by atoms with E-state index in [1.54, 1.807) is 19.1 Å². The van der Waals surface area contributed by atoms with E-state index in [4.69, 9.17) is 33.1 Å². The molecule has 0 saturated heterocycles. The Hall–Kier alpha value is -1.72. The average molecular weight is 301 g/mol. The number of esters is 1. The molecule has 0 atom stereocenters. The topological polar surface area (TPSA) is 74.7 Å². The number of carbonyl (C=O) groups is 1. The van der Waals surface area contributed by atoms with Gasteiger partial charge in [0.15, 0.2) is 0 Å². The fourth-order valence-electron chi connectivity index (χ4n) is 1.82. The number of rotatable bonds is 3. The summed E-state index contributed by atoms with van der Waals surface area (Å²) in [6.45, 7) is 1.93. The molecule has 0 spiro atoms. The number of aromatic nitrogens is 1. The number of halogens is 2. The molecule has 2 rings (SSSR count). The molecule has 2 aromatic rings. The maximum atomic E-state index is 11.8. The summed E-state index contributed by atoms with van der Waals surface area (Å²) in [5.41, 5.74) is 1.09. The van der Waals surface area contributed by atoms with Gasteiger partial charge in [-0.05, 0) is 19.1 Å². The fraction of sp³-hybridized carbons (Fsp3) is 0.167. The van der Waals surface area contributed by atoms with Crippen molar-refractivity contribution in [2.75, 3.05) is 6.61 Å². The lowest BCUT2D eigenvalue weighted by Crippen LogP contribution is -2.07. The van der Waals surface area contributed by atoms with Crippen LogP contribution in [0.15, 0.2) is 17.3 Å². The van der Waals surface area contributed by atoms with Crippen LogP contribution in [0.4, 0.5) is 0 Å². The van der Waals surface area contributed by atoms with E-state index < -0.39 is 5.97 Å². The minimum atomic E-state index is -0.555. The summed E-state index contributed by atoms with van der Waals surface area (Å²) >= 11 is 12.0. The van der Waals surface area contributed by atoms with Crippen LogP contribution in [0.3, 0.4) is 0 Å². The first kappa shape index (κ1) is 13.7. The number of ether oxygens (including phenoxy) is 1. The lowest BCUT2D eigenvalue weighted by atomic mass is 10.1. The minimum absolute atomic E-state index is 0.166. The molecule has 0 bridgehead atoms. The zero-order valence-corrected chi connectivity index (χ0v) is 11.4. The predicted molar refractivity (Wildman–Crippen MR) is 73.7 cm³/mol. The fourth-order valence-corrected chi connectivity index (χ4v) is 2.42. The zero-order chi connectivity index (χ0) is 14.0. The molecule has 100 valence electrons. The highest BCUT2D eigenvalue weighted by Crippen LogP contribution is 2.32. The third kappa shape index (κ3) is 2.52. The smallest absolute Gasteiger partial charge is 0.355 e. The van der Waals surface area contributed by atoms with Gasteiger partial charge in [-0.25, -0.2) is 4.79 Å².